The van der Waals surface area contributed by atoms with Crippen molar-refractivity contribution in [3.05, 3.63) is 0 Å². The van der Waals surface area contributed by atoms with Crippen LogP contribution in [-0.2, 0) is 4.74 Å². The molecule has 0 radical (unpaired) electrons. The van der Waals surface area contributed by atoms with Crippen molar-refractivity contribution >= 4 is 0 Å². The lowest BCUT2D eigenvalue weighted by Gasteiger charge is -2.16. The number of aliphatic hydroxyl groups is 1. The number of hydrogen-bond donors (Lipinski definition) is 2. The van der Waals surface area contributed by atoms with Gasteiger partial charge in [0.2, 0.25) is 0 Å². The maximum absolute atomic E-state index is 9.88. The molecule has 108 valence electrons. The van der Waals surface area contributed by atoms with Crippen LogP contribution in [0, 0.1) is 11.8 Å². The summed E-state index contributed by atoms with van der Waals surface area (Å²) in [5.74, 6) is 1.48. The average molecular weight is 257 g/mol. The molecule has 0 spiro atoms. The van der Waals surface area contributed by atoms with Crippen LogP contribution in [0.15, 0.2) is 0 Å². The number of aliphatic hydroxyl groups excluding tert-OH is 1. The smallest absolute Gasteiger partial charge is 0.0667 e. The van der Waals surface area contributed by atoms with Crippen LogP contribution >= 0.6 is 0 Å². The van der Waals surface area contributed by atoms with Crippen LogP contribution in [0.4, 0.5) is 0 Å². The Balaban J connectivity index is 1.84. The second-order valence-electron chi connectivity index (χ2n) is 6.04. The highest BCUT2D eigenvalue weighted by Crippen LogP contribution is 2.28. The monoisotopic (exact) mass is 257 g/mol. The molecule has 1 saturated carbocycles. The van der Waals surface area contributed by atoms with E-state index < -0.39 is 0 Å². The molecule has 0 aromatic heterocycles. The highest BCUT2D eigenvalue weighted by Gasteiger charge is 2.18. The molecule has 0 amide bonds. The zero-order chi connectivity index (χ0) is 13.2. The van der Waals surface area contributed by atoms with Crippen molar-refractivity contribution in [2.24, 2.45) is 11.8 Å². The molecule has 0 aromatic carbocycles. The van der Waals surface area contributed by atoms with Crippen molar-refractivity contribution < 1.29 is 9.84 Å². The van der Waals surface area contributed by atoms with Crippen LogP contribution in [-0.4, -0.2) is 37.5 Å². The van der Waals surface area contributed by atoms with E-state index in [1.807, 2.05) is 0 Å². The summed E-state index contributed by atoms with van der Waals surface area (Å²) >= 11 is 0. The Bertz CT molecular complexity index is 191. The molecular formula is C15H31NO2. The summed E-state index contributed by atoms with van der Waals surface area (Å²) in [6.07, 6.45) is 7.27. The van der Waals surface area contributed by atoms with Gasteiger partial charge in [0.15, 0.2) is 0 Å². The largest absolute Gasteiger partial charge is 0.392 e. The Labute approximate surface area is 112 Å². The van der Waals surface area contributed by atoms with Gasteiger partial charge < -0.3 is 15.2 Å². The Kier molecular flexibility index (Phi) is 8.64. The lowest BCUT2D eigenvalue weighted by atomic mass is 10.0. The standard InChI is InChI=1S/C15H31NO2/c1-13(2)7-9-18-10-8-16-12-15(17)11-14-5-3-4-6-14/h13-17H,3-12H2,1-2H3. The molecule has 1 aliphatic rings. The maximum atomic E-state index is 9.88. The average Bonchev–Trinajstić information content (AvgIpc) is 2.80. The summed E-state index contributed by atoms with van der Waals surface area (Å²) in [7, 11) is 0. The van der Waals surface area contributed by atoms with Gasteiger partial charge in [0, 0.05) is 19.7 Å². The van der Waals surface area contributed by atoms with Crippen LogP contribution in [0.2, 0.25) is 0 Å². The molecule has 0 aromatic rings. The molecule has 2 N–H and O–H groups in total. The SMILES string of the molecule is CC(C)CCOCCNCC(O)CC1CCCC1. The quantitative estimate of drug-likeness (QED) is 0.591. The molecule has 0 aliphatic heterocycles. The van der Waals surface area contributed by atoms with Gasteiger partial charge in [0.1, 0.15) is 0 Å². The molecule has 0 saturated heterocycles. The second kappa shape index (κ2) is 9.76. The van der Waals surface area contributed by atoms with Gasteiger partial charge in [-0.3, -0.25) is 0 Å². The predicted molar refractivity (Wildman–Crippen MR) is 75.7 cm³/mol. The van der Waals surface area contributed by atoms with Gasteiger partial charge in [-0.25, -0.2) is 0 Å². The third kappa shape index (κ3) is 8.06. The number of nitrogens with one attached hydrogen (secondary N) is 1. The van der Waals surface area contributed by atoms with Gasteiger partial charge >= 0.3 is 0 Å². The summed E-state index contributed by atoms with van der Waals surface area (Å²) in [6, 6.07) is 0. The minimum Gasteiger partial charge on any atom is -0.392 e. The highest BCUT2D eigenvalue weighted by molar-refractivity contribution is 4.72. The second-order valence-corrected chi connectivity index (χ2v) is 6.04. The van der Waals surface area contributed by atoms with Crippen LogP contribution in [0.25, 0.3) is 0 Å². The van der Waals surface area contributed by atoms with E-state index in [0.29, 0.717) is 12.5 Å². The minimum absolute atomic E-state index is 0.177. The van der Waals surface area contributed by atoms with E-state index in [0.717, 1.165) is 38.5 Å². The van der Waals surface area contributed by atoms with Crippen molar-refractivity contribution in [2.75, 3.05) is 26.3 Å². The molecule has 1 unspecified atom stereocenters. The van der Waals surface area contributed by atoms with Gasteiger partial charge in [-0.15, -0.1) is 0 Å². The molecule has 3 heteroatoms. The molecular weight excluding hydrogens is 226 g/mol. The van der Waals surface area contributed by atoms with E-state index in [1.54, 1.807) is 0 Å². The van der Waals surface area contributed by atoms with E-state index in [-0.39, 0.29) is 6.10 Å². The van der Waals surface area contributed by atoms with E-state index in [2.05, 4.69) is 19.2 Å². The fourth-order valence-corrected chi connectivity index (χ4v) is 2.55. The molecule has 1 atom stereocenters. The first-order valence-corrected chi connectivity index (χ1v) is 7.65. The van der Waals surface area contributed by atoms with Crippen molar-refractivity contribution in [2.45, 2.75) is 58.5 Å². The molecule has 3 nitrogen and oxygen atoms in total. The van der Waals surface area contributed by atoms with E-state index >= 15 is 0 Å². The molecule has 1 fully saturated rings. The highest BCUT2D eigenvalue weighted by atomic mass is 16.5. The fraction of sp³-hybridized carbons (Fsp3) is 1.00. The van der Waals surface area contributed by atoms with E-state index in [9.17, 15) is 5.11 Å². The first-order valence-electron chi connectivity index (χ1n) is 7.65. The normalized spacial score (nSPS) is 18.7. The lowest BCUT2D eigenvalue weighted by molar-refractivity contribution is 0.113. The Morgan fingerprint density at radius 2 is 1.94 bits per heavy atom. The summed E-state index contributed by atoms with van der Waals surface area (Å²) in [5.41, 5.74) is 0. The summed E-state index contributed by atoms with van der Waals surface area (Å²) < 4.78 is 5.52. The zero-order valence-corrected chi connectivity index (χ0v) is 12.2. The van der Waals surface area contributed by atoms with Crippen LogP contribution in [0.5, 0.6) is 0 Å². The van der Waals surface area contributed by atoms with Gasteiger partial charge in [-0.2, -0.15) is 0 Å². The molecule has 1 aliphatic carbocycles. The topological polar surface area (TPSA) is 41.5 Å². The predicted octanol–water partition coefficient (Wildman–Crippen LogP) is 2.58. The molecule has 1 rings (SSSR count). The molecule has 18 heavy (non-hydrogen) atoms. The fourth-order valence-electron chi connectivity index (χ4n) is 2.55. The molecule has 0 bridgehead atoms. The number of hydrogen-bond acceptors (Lipinski definition) is 3. The summed E-state index contributed by atoms with van der Waals surface area (Å²) in [4.78, 5) is 0. The Hall–Kier alpha value is -0.120. The zero-order valence-electron chi connectivity index (χ0n) is 12.2. The van der Waals surface area contributed by atoms with Crippen LogP contribution in [0.1, 0.15) is 52.4 Å². The van der Waals surface area contributed by atoms with Crippen molar-refractivity contribution in [1.29, 1.82) is 0 Å². The number of rotatable bonds is 10. The Morgan fingerprint density at radius 3 is 2.61 bits per heavy atom. The Morgan fingerprint density at radius 1 is 1.22 bits per heavy atom. The van der Waals surface area contributed by atoms with Gasteiger partial charge in [-0.1, -0.05) is 39.5 Å². The van der Waals surface area contributed by atoms with E-state index in [4.69, 9.17) is 4.74 Å². The summed E-state index contributed by atoms with van der Waals surface area (Å²) in [6.45, 7) is 7.58. The lowest BCUT2D eigenvalue weighted by Crippen LogP contribution is -2.30. The maximum Gasteiger partial charge on any atom is 0.0667 e. The summed E-state index contributed by atoms with van der Waals surface area (Å²) in [5, 5.41) is 13.2. The molecule has 0 heterocycles. The minimum atomic E-state index is -0.177. The first-order chi connectivity index (χ1) is 8.68. The van der Waals surface area contributed by atoms with Gasteiger partial charge in [0.25, 0.3) is 0 Å². The number of ether oxygens (including phenoxy) is 1. The van der Waals surface area contributed by atoms with Crippen LogP contribution < -0.4 is 5.32 Å². The van der Waals surface area contributed by atoms with Gasteiger partial charge in [-0.05, 0) is 24.7 Å². The third-order valence-electron chi connectivity index (χ3n) is 3.72. The van der Waals surface area contributed by atoms with Crippen molar-refractivity contribution in [3.63, 3.8) is 0 Å². The van der Waals surface area contributed by atoms with E-state index in [1.165, 1.54) is 25.7 Å². The first kappa shape index (κ1) is 15.9. The van der Waals surface area contributed by atoms with Crippen LogP contribution in [0.3, 0.4) is 0 Å². The van der Waals surface area contributed by atoms with Gasteiger partial charge in [0.05, 0.1) is 12.7 Å². The van der Waals surface area contributed by atoms with Crippen molar-refractivity contribution in [3.8, 4) is 0 Å². The van der Waals surface area contributed by atoms with Crippen molar-refractivity contribution in [1.82, 2.24) is 5.32 Å². The third-order valence-corrected chi connectivity index (χ3v) is 3.72.